The molecular weight excluding hydrogens is 240 g/mol. The molecule has 0 atom stereocenters. The van der Waals surface area contributed by atoms with Crippen molar-refractivity contribution in [2.45, 2.75) is 6.92 Å². The van der Waals surface area contributed by atoms with E-state index in [9.17, 15) is 0 Å². The standard InChI is InChI=1S/C15H14N2O2/c1-9-4-3-5-13-14(9)17-15(19-13)11-7-6-10(18-2)8-12(11)16/h3-8H,16H2,1-2H3. The third kappa shape index (κ3) is 1.91. The summed E-state index contributed by atoms with van der Waals surface area (Å²) in [6.45, 7) is 2.01. The van der Waals surface area contributed by atoms with E-state index >= 15 is 0 Å². The minimum Gasteiger partial charge on any atom is -0.497 e. The van der Waals surface area contributed by atoms with Crippen molar-refractivity contribution in [3.63, 3.8) is 0 Å². The second kappa shape index (κ2) is 4.31. The van der Waals surface area contributed by atoms with E-state index in [0.717, 1.165) is 22.2 Å². The van der Waals surface area contributed by atoms with Crippen LogP contribution in [0.5, 0.6) is 5.75 Å². The zero-order valence-electron chi connectivity index (χ0n) is 10.8. The summed E-state index contributed by atoms with van der Waals surface area (Å²) in [4.78, 5) is 4.51. The predicted molar refractivity (Wildman–Crippen MR) is 75.1 cm³/mol. The SMILES string of the molecule is COc1ccc(-c2nc3c(C)cccc3o2)c(N)c1. The topological polar surface area (TPSA) is 61.3 Å². The number of fused-ring (bicyclic) bond motifs is 1. The molecule has 2 aromatic carbocycles. The Kier molecular flexibility index (Phi) is 2.63. The molecule has 3 aromatic rings. The highest BCUT2D eigenvalue weighted by molar-refractivity contribution is 5.82. The third-order valence-electron chi connectivity index (χ3n) is 3.11. The van der Waals surface area contributed by atoms with Gasteiger partial charge < -0.3 is 14.9 Å². The van der Waals surface area contributed by atoms with E-state index < -0.39 is 0 Å². The number of anilines is 1. The van der Waals surface area contributed by atoms with Crippen LogP contribution in [0, 0.1) is 6.92 Å². The lowest BCUT2D eigenvalue weighted by Gasteiger charge is -2.04. The molecule has 0 aliphatic heterocycles. The number of aryl methyl sites for hydroxylation is 1. The monoisotopic (exact) mass is 254 g/mol. The fraction of sp³-hybridized carbons (Fsp3) is 0.133. The van der Waals surface area contributed by atoms with Crippen LogP contribution in [0.4, 0.5) is 5.69 Å². The molecule has 0 radical (unpaired) electrons. The number of ether oxygens (including phenoxy) is 1. The van der Waals surface area contributed by atoms with Crippen molar-refractivity contribution < 1.29 is 9.15 Å². The summed E-state index contributed by atoms with van der Waals surface area (Å²) in [6, 6.07) is 11.3. The van der Waals surface area contributed by atoms with Crippen molar-refractivity contribution in [3.05, 3.63) is 42.0 Å². The highest BCUT2D eigenvalue weighted by atomic mass is 16.5. The van der Waals surface area contributed by atoms with Crippen molar-refractivity contribution in [3.8, 4) is 17.2 Å². The average molecular weight is 254 g/mol. The molecule has 0 bridgehead atoms. The van der Waals surface area contributed by atoms with Gasteiger partial charge in [0.15, 0.2) is 5.58 Å². The molecule has 0 saturated heterocycles. The fourth-order valence-electron chi connectivity index (χ4n) is 2.06. The van der Waals surface area contributed by atoms with Crippen molar-refractivity contribution in [2.75, 3.05) is 12.8 Å². The zero-order chi connectivity index (χ0) is 13.4. The molecule has 0 aliphatic rings. The minimum atomic E-state index is 0.532. The molecule has 1 heterocycles. The van der Waals surface area contributed by atoms with Gasteiger partial charge in [-0.15, -0.1) is 0 Å². The van der Waals surface area contributed by atoms with Gasteiger partial charge >= 0.3 is 0 Å². The van der Waals surface area contributed by atoms with Gasteiger partial charge in [0.25, 0.3) is 0 Å². The number of methoxy groups -OCH3 is 1. The Labute approximate surface area is 110 Å². The summed E-state index contributed by atoms with van der Waals surface area (Å²) in [7, 11) is 1.61. The molecule has 96 valence electrons. The highest BCUT2D eigenvalue weighted by Gasteiger charge is 2.12. The number of rotatable bonds is 2. The maximum Gasteiger partial charge on any atom is 0.229 e. The zero-order valence-corrected chi connectivity index (χ0v) is 10.8. The second-order valence-corrected chi connectivity index (χ2v) is 4.39. The summed E-state index contributed by atoms with van der Waals surface area (Å²) in [5.41, 5.74) is 10.1. The van der Waals surface area contributed by atoms with E-state index in [1.807, 2.05) is 37.3 Å². The fourth-order valence-corrected chi connectivity index (χ4v) is 2.06. The molecule has 0 saturated carbocycles. The first kappa shape index (κ1) is 11.6. The molecule has 0 aliphatic carbocycles. The average Bonchev–Trinajstić information content (AvgIpc) is 2.83. The maximum absolute atomic E-state index is 6.01. The summed E-state index contributed by atoms with van der Waals surface area (Å²) in [5.74, 6) is 1.25. The van der Waals surface area contributed by atoms with Crippen molar-refractivity contribution >= 4 is 16.8 Å². The van der Waals surface area contributed by atoms with Gasteiger partial charge in [-0.2, -0.15) is 0 Å². The quantitative estimate of drug-likeness (QED) is 0.712. The van der Waals surface area contributed by atoms with Crippen LogP contribution in [0.2, 0.25) is 0 Å². The number of nitrogen functional groups attached to an aromatic ring is 1. The van der Waals surface area contributed by atoms with Gasteiger partial charge in [0.2, 0.25) is 5.89 Å². The first-order valence-electron chi connectivity index (χ1n) is 5.99. The van der Waals surface area contributed by atoms with Crippen LogP contribution in [0.1, 0.15) is 5.56 Å². The molecule has 0 fully saturated rings. The lowest BCUT2D eigenvalue weighted by atomic mass is 10.1. The van der Waals surface area contributed by atoms with Crippen LogP contribution in [-0.4, -0.2) is 12.1 Å². The van der Waals surface area contributed by atoms with Crippen molar-refractivity contribution in [1.29, 1.82) is 0 Å². The molecule has 4 nitrogen and oxygen atoms in total. The van der Waals surface area contributed by atoms with Gasteiger partial charge in [-0.1, -0.05) is 12.1 Å². The number of aromatic nitrogens is 1. The van der Waals surface area contributed by atoms with Crippen molar-refractivity contribution in [1.82, 2.24) is 4.98 Å². The van der Waals surface area contributed by atoms with Crippen LogP contribution in [-0.2, 0) is 0 Å². The maximum atomic E-state index is 6.01. The van der Waals surface area contributed by atoms with E-state index in [1.54, 1.807) is 13.2 Å². The van der Waals surface area contributed by atoms with E-state index in [1.165, 1.54) is 0 Å². The van der Waals surface area contributed by atoms with Gasteiger partial charge in [-0.05, 0) is 30.7 Å². The molecule has 4 heteroatoms. The Hall–Kier alpha value is -2.49. The molecule has 0 spiro atoms. The number of hydrogen-bond donors (Lipinski definition) is 1. The Morgan fingerprint density at radius 3 is 2.74 bits per heavy atom. The molecule has 0 amide bonds. The number of para-hydroxylation sites is 1. The minimum absolute atomic E-state index is 0.532. The van der Waals surface area contributed by atoms with Gasteiger partial charge in [0.05, 0.1) is 12.7 Å². The van der Waals surface area contributed by atoms with E-state index in [-0.39, 0.29) is 0 Å². The van der Waals surface area contributed by atoms with Gasteiger partial charge in [-0.25, -0.2) is 4.98 Å². The Morgan fingerprint density at radius 2 is 2.05 bits per heavy atom. The molecule has 19 heavy (non-hydrogen) atoms. The number of nitrogens with two attached hydrogens (primary N) is 1. The smallest absolute Gasteiger partial charge is 0.229 e. The van der Waals surface area contributed by atoms with Crippen LogP contribution < -0.4 is 10.5 Å². The Morgan fingerprint density at radius 1 is 1.21 bits per heavy atom. The van der Waals surface area contributed by atoms with Gasteiger partial charge in [-0.3, -0.25) is 0 Å². The van der Waals surface area contributed by atoms with Crippen molar-refractivity contribution in [2.24, 2.45) is 0 Å². The first-order valence-corrected chi connectivity index (χ1v) is 5.99. The third-order valence-corrected chi connectivity index (χ3v) is 3.11. The highest BCUT2D eigenvalue weighted by Crippen LogP contribution is 2.31. The largest absolute Gasteiger partial charge is 0.497 e. The number of nitrogens with zero attached hydrogens (tertiary/aromatic N) is 1. The summed E-state index contributed by atoms with van der Waals surface area (Å²) in [5, 5.41) is 0. The van der Waals surface area contributed by atoms with Gasteiger partial charge in [0.1, 0.15) is 11.3 Å². The van der Waals surface area contributed by atoms with E-state index in [0.29, 0.717) is 17.3 Å². The molecule has 3 rings (SSSR count). The lowest BCUT2D eigenvalue weighted by molar-refractivity contribution is 0.415. The lowest BCUT2D eigenvalue weighted by Crippen LogP contribution is -1.92. The number of benzene rings is 2. The van der Waals surface area contributed by atoms with Crippen LogP contribution in [0.3, 0.4) is 0 Å². The second-order valence-electron chi connectivity index (χ2n) is 4.39. The predicted octanol–water partition coefficient (Wildman–Crippen LogP) is 3.39. The molecule has 0 unspecified atom stereocenters. The Balaban J connectivity index is 2.16. The Bertz CT molecular complexity index is 747. The van der Waals surface area contributed by atoms with Crippen LogP contribution in [0.25, 0.3) is 22.6 Å². The normalized spacial score (nSPS) is 10.8. The molecular formula is C15H14N2O2. The van der Waals surface area contributed by atoms with E-state index in [4.69, 9.17) is 14.9 Å². The van der Waals surface area contributed by atoms with E-state index in [2.05, 4.69) is 4.98 Å². The van der Waals surface area contributed by atoms with Gasteiger partial charge in [0, 0.05) is 11.8 Å². The molecule has 2 N–H and O–H groups in total. The summed E-state index contributed by atoms with van der Waals surface area (Å²) < 4.78 is 10.9. The summed E-state index contributed by atoms with van der Waals surface area (Å²) >= 11 is 0. The van der Waals surface area contributed by atoms with Crippen LogP contribution in [0.15, 0.2) is 40.8 Å². The number of oxazole rings is 1. The van der Waals surface area contributed by atoms with Crippen LogP contribution >= 0.6 is 0 Å². The first-order chi connectivity index (χ1) is 9.19. The molecule has 1 aromatic heterocycles. The summed E-state index contributed by atoms with van der Waals surface area (Å²) in [6.07, 6.45) is 0. The number of hydrogen-bond acceptors (Lipinski definition) is 4.